The van der Waals surface area contributed by atoms with Gasteiger partial charge in [-0.25, -0.2) is 12.7 Å². The van der Waals surface area contributed by atoms with Crippen LogP contribution >= 0.6 is 23.2 Å². The van der Waals surface area contributed by atoms with Crippen molar-refractivity contribution in [1.29, 1.82) is 0 Å². The number of fused-ring (bicyclic) bond motifs is 1. The van der Waals surface area contributed by atoms with Crippen LogP contribution in [0, 0.1) is 6.92 Å². The SMILES string of the molecule is Cc1cnccc1CN1C(=O)c2cc(-c3ccc(Cl)cc3Cl)ccc2S1(=O)=O. The maximum Gasteiger partial charge on any atom is 0.269 e. The molecule has 5 nitrogen and oxygen atoms in total. The van der Waals surface area contributed by atoms with Crippen molar-refractivity contribution in [3.63, 3.8) is 0 Å². The molecule has 0 fully saturated rings. The summed E-state index contributed by atoms with van der Waals surface area (Å²) in [5, 5.41) is 0.914. The highest BCUT2D eigenvalue weighted by molar-refractivity contribution is 7.90. The Morgan fingerprint density at radius 3 is 2.54 bits per heavy atom. The molecule has 1 amide bonds. The van der Waals surface area contributed by atoms with Crippen molar-refractivity contribution in [3.8, 4) is 11.1 Å². The third-order valence-corrected chi connectivity index (χ3v) is 7.03. The molecule has 28 heavy (non-hydrogen) atoms. The largest absolute Gasteiger partial charge is 0.269 e. The maximum absolute atomic E-state index is 12.9. The zero-order valence-electron chi connectivity index (χ0n) is 14.7. The van der Waals surface area contributed by atoms with Crippen LogP contribution in [-0.2, 0) is 16.6 Å². The van der Waals surface area contributed by atoms with E-state index in [2.05, 4.69) is 4.98 Å². The Hall–Kier alpha value is -2.41. The second kappa shape index (κ2) is 6.88. The summed E-state index contributed by atoms with van der Waals surface area (Å²) in [5.74, 6) is -0.557. The number of amides is 1. The second-order valence-electron chi connectivity index (χ2n) is 6.45. The molecule has 0 bridgehead atoms. The predicted molar refractivity (Wildman–Crippen MR) is 108 cm³/mol. The van der Waals surface area contributed by atoms with Crippen LogP contribution in [0.2, 0.25) is 10.0 Å². The van der Waals surface area contributed by atoms with Crippen molar-refractivity contribution in [1.82, 2.24) is 9.29 Å². The number of aryl methyl sites for hydroxylation is 1. The molecular weight excluding hydrogens is 419 g/mol. The number of carbonyl (C=O) groups is 1. The summed E-state index contributed by atoms with van der Waals surface area (Å²) < 4.78 is 26.7. The van der Waals surface area contributed by atoms with Gasteiger partial charge in [0.1, 0.15) is 4.90 Å². The first-order chi connectivity index (χ1) is 13.3. The standard InChI is InChI=1S/C20H14Cl2N2O3S/c1-12-10-23-7-6-14(12)11-24-20(25)17-8-13(2-5-19(17)28(24,26)27)16-4-3-15(21)9-18(16)22/h2-10H,11H2,1H3. The van der Waals surface area contributed by atoms with Crippen molar-refractivity contribution in [2.75, 3.05) is 0 Å². The lowest BCUT2D eigenvalue weighted by molar-refractivity contribution is 0.0865. The number of pyridine rings is 1. The van der Waals surface area contributed by atoms with Gasteiger partial charge in [0.15, 0.2) is 0 Å². The van der Waals surface area contributed by atoms with Gasteiger partial charge in [0.2, 0.25) is 0 Å². The number of aromatic nitrogens is 1. The van der Waals surface area contributed by atoms with E-state index in [4.69, 9.17) is 23.2 Å². The predicted octanol–water partition coefficient (Wildman–Crippen LogP) is 4.71. The maximum atomic E-state index is 12.9. The van der Waals surface area contributed by atoms with E-state index in [0.717, 1.165) is 15.4 Å². The first kappa shape index (κ1) is 18.9. The minimum Gasteiger partial charge on any atom is -0.268 e. The van der Waals surface area contributed by atoms with Gasteiger partial charge in [-0.1, -0.05) is 35.3 Å². The molecule has 0 saturated carbocycles. The van der Waals surface area contributed by atoms with Crippen LogP contribution in [0.25, 0.3) is 11.1 Å². The lowest BCUT2D eigenvalue weighted by atomic mass is 10.0. The molecule has 0 radical (unpaired) electrons. The Balaban J connectivity index is 1.77. The minimum absolute atomic E-state index is 0.00181. The fraction of sp³-hybridized carbons (Fsp3) is 0.100. The highest BCUT2D eigenvalue weighted by atomic mass is 35.5. The molecule has 4 rings (SSSR count). The van der Waals surface area contributed by atoms with E-state index in [1.54, 1.807) is 48.8 Å². The highest BCUT2D eigenvalue weighted by Gasteiger charge is 2.41. The third-order valence-electron chi connectivity index (χ3n) is 4.70. The van der Waals surface area contributed by atoms with Crippen LogP contribution in [0.5, 0.6) is 0 Å². The Labute approximate surface area is 172 Å². The number of hydrogen-bond donors (Lipinski definition) is 0. The Kier molecular flexibility index (Phi) is 4.65. The molecule has 2 aromatic carbocycles. The van der Waals surface area contributed by atoms with Crippen molar-refractivity contribution >= 4 is 39.1 Å². The van der Waals surface area contributed by atoms with Gasteiger partial charge < -0.3 is 0 Å². The summed E-state index contributed by atoms with van der Waals surface area (Å²) >= 11 is 12.2. The molecule has 0 saturated heterocycles. The van der Waals surface area contributed by atoms with Gasteiger partial charge >= 0.3 is 0 Å². The van der Waals surface area contributed by atoms with E-state index in [-0.39, 0.29) is 17.0 Å². The molecule has 0 unspecified atom stereocenters. The zero-order chi connectivity index (χ0) is 20.1. The van der Waals surface area contributed by atoms with Gasteiger partial charge in [-0.05, 0) is 53.9 Å². The van der Waals surface area contributed by atoms with Crippen LogP contribution in [-0.4, -0.2) is 23.6 Å². The average Bonchev–Trinajstić information content (AvgIpc) is 2.84. The van der Waals surface area contributed by atoms with Crippen molar-refractivity contribution in [2.45, 2.75) is 18.4 Å². The van der Waals surface area contributed by atoms with Crippen LogP contribution in [0.4, 0.5) is 0 Å². The third kappa shape index (κ3) is 3.07. The number of rotatable bonds is 3. The average molecular weight is 433 g/mol. The monoisotopic (exact) mass is 432 g/mol. The number of halogens is 2. The van der Waals surface area contributed by atoms with Crippen LogP contribution in [0.3, 0.4) is 0 Å². The number of carbonyl (C=O) groups excluding carboxylic acids is 1. The van der Waals surface area contributed by atoms with Crippen molar-refractivity contribution in [3.05, 3.63) is 81.6 Å². The molecular formula is C20H14Cl2N2O3S. The first-order valence-electron chi connectivity index (χ1n) is 8.35. The summed E-state index contributed by atoms with van der Waals surface area (Å²) in [6, 6.07) is 11.4. The van der Waals surface area contributed by atoms with Gasteiger partial charge in [-0.15, -0.1) is 0 Å². The van der Waals surface area contributed by atoms with Gasteiger partial charge in [0, 0.05) is 28.0 Å². The fourth-order valence-corrected chi connectivity index (χ4v) is 5.21. The summed E-state index contributed by atoms with van der Waals surface area (Å²) in [4.78, 5) is 16.9. The van der Waals surface area contributed by atoms with Crippen molar-refractivity contribution in [2.24, 2.45) is 0 Å². The van der Waals surface area contributed by atoms with E-state index < -0.39 is 15.9 Å². The summed E-state index contributed by atoms with van der Waals surface area (Å²) in [7, 11) is -3.92. The lowest BCUT2D eigenvalue weighted by Gasteiger charge is -2.16. The molecule has 2 heterocycles. The first-order valence-corrected chi connectivity index (χ1v) is 10.5. The highest BCUT2D eigenvalue weighted by Crippen LogP contribution is 2.37. The van der Waals surface area contributed by atoms with E-state index in [9.17, 15) is 13.2 Å². The normalized spacial score (nSPS) is 15.0. The Morgan fingerprint density at radius 2 is 1.82 bits per heavy atom. The van der Waals surface area contributed by atoms with Gasteiger partial charge in [0.05, 0.1) is 12.1 Å². The van der Waals surface area contributed by atoms with E-state index in [1.807, 2.05) is 6.92 Å². The second-order valence-corrected chi connectivity index (χ2v) is 9.13. The van der Waals surface area contributed by atoms with Crippen LogP contribution in [0.15, 0.2) is 59.8 Å². The number of benzene rings is 2. The number of sulfonamides is 1. The molecule has 3 aromatic rings. The molecule has 1 aromatic heterocycles. The number of nitrogens with zero attached hydrogens (tertiary/aromatic N) is 2. The Bertz CT molecular complexity index is 1230. The molecule has 0 aliphatic carbocycles. The van der Waals surface area contributed by atoms with Crippen molar-refractivity contribution < 1.29 is 13.2 Å². The lowest BCUT2D eigenvalue weighted by Crippen LogP contribution is -2.29. The smallest absolute Gasteiger partial charge is 0.268 e. The Morgan fingerprint density at radius 1 is 1.04 bits per heavy atom. The molecule has 1 aliphatic heterocycles. The van der Waals surface area contributed by atoms with Gasteiger partial charge in [-0.3, -0.25) is 9.78 Å². The fourth-order valence-electron chi connectivity index (χ4n) is 3.17. The van der Waals surface area contributed by atoms with E-state index in [1.165, 1.54) is 6.07 Å². The zero-order valence-corrected chi connectivity index (χ0v) is 17.0. The molecule has 1 aliphatic rings. The van der Waals surface area contributed by atoms with Gasteiger partial charge in [-0.2, -0.15) is 0 Å². The summed E-state index contributed by atoms with van der Waals surface area (Å²) in [6.45, 7) is 1.78. The quantitative estimate of drug-likeness (QED) is 0.600. The topological polar surface area (TPSA) is 67.3 Å². The summed E-state index contributed by atoms with van der Waals surface area (Å²) in [5.41, 5.74) is 2.99. The van der Waals surface area contributed by atoms with Crippen LogP contribution in [0.1, 0.15) is 21.5 Å². The van der Waals surface area contributed by atoms with Gasteiger partial charge in [0.25, 0.3) is 15.9 Å². The molecule has 0 N–H and O–H groups in total. The molecule has 0 atom stereocenters. The molecule has 142 valence electrons. The van der Waals surface area contributed by atoms with Crippen LogP contribution < -0.4 is 0 Å². The number of hydrogen-bond acceptors (Lipinski definition) is 4. The minimum atomic E-state index is -3.92. The molecule has 0 spiro atoms. The van der Waals surface area contributed by atoms with E-state index >= 15 is 0 Å². The molecule has 8 heteroatoms. The van der Waals surface area contributed by atoms with E-state index in [0.29, 0.717) is 21.2 Å². The summed E-state index contributed by atoms with van der Waals surface area (Å²) in [6.07, 6.45) is 3.21.